The molecule has 1 aliphatic rings. The number of nitrogens with one attached hydrogen (secondary N) is 1. The van der Waals surface area contributed by atoms with Gasteiger partial charge in [0.2, 0.25) is 0 Å². The van der Waals surface area contributed by atoms with Crippen LogP contribution >= 0.6 is 0 Å². The Morgan fingerprint density at radius 1 is 0.919 bits per heavy atom. The Bertz CT molecular complexity index is 1630. The van der Waals surface area contributed by atoms with E-state index in [9.17, 15) is 9.59 Å². The molecule has 0 bridgehead atoms. The minimum Gasteiger partial charge on any atom is -0.352 e. The van der Waals surface area contributed by atoms with Gasteiger partial charge in [-0.1, -0.05) is 36.4 Å². The number of nitrogens with zero attached hydrogens (tertiary/aromatic N) is 4. The molecule has 0 atom stereocenters. The van der Waals surface area contributed by atoms with Crippen LogP contribution in [0.4, 0.5) is 0 Å². The predicted octanol–water partition coefficient (Wildman–Crippen LogP) is 3.88. The van der Waals surface area contributed by atoms with Gasteiger partial charge in [-0.05, 0) is 65.9 Å². The molecule has 0 unspecified atom stereocenters. The van der Waals surface area contributed by atoms with Crippen LogP contribution in [0.1, 0.15) is 33.5 Å². The molecule has 37 heavy (non-hydrogen) atoms. The smallest absolute Gasteiger partial charge is 0.276 e. The third-order valence-electron chi connectivity index (χ3n) is 7.20. The molecule has 0 fully saturated rings. The van der Waals surface area contributed by atoms with E-state index >= 15 is 0 Å². The third kappa shape index (κ3) is 4.66. The van der Waals surface area contributed by atoms with Crippen LogP contribution in [0.2, 0.25) is 0 Å². The number of hydrogen-bond donors (Lipinski definition) is 1. The van der Waals surface area contributed by atoms with Gasteiger partial charge in [-0.3, -0.25) is 19.1 Å². The lowest BCUT2D eigenvalue weighted by atomic mass is 10.00. The van der Waals surface area contributed by atoms with Crippen LogP contribution in [-0.2, 0) is 19.5 Å². The summed E-state index contributed by atoms with van der Waals surface area (Å²) >= 11 is 0. The number of rotatable bonds is 7. The van der Waals surface area contributed by atoms with E-state index < -0.39 is 0 Å². The Balaban J connectivity index is 1.07. The number of carbonyl (C=O) groups excluding carboxylic acids is 1. The molecule has 0 saturated heterocycles. The molecule has 0 radical (unpaired) electrons. The average Bonchev–Trinajstić information content (AvgIpc) is 3.44. The molecule has 6 rings (SSSR count). The van der Waals surface area contributed by atoms with Crippen molar-refractivity contribution in [2.45, 2.75) is 25.9 Å². The van der Waals surface area contributed by atoms with E-state index in [-0.39, 0.29) is 11.5 Å². The Labute approximate surface area is 215 Å². The quantitative estimate of drug-likeness (QED) is 0.351. The van der Waals surface area contributed by atoms with Crippen molar-refractivity contribution in [2.75, 3.05) is 19.6 Å². The fourth-order valence-corrected chi connectivity index (χ4v) is 5.23. The van der Waals surface area contributed by atoms with Gasteiger partial charge in [0, 0.05) is 44.1 Å². The summed E-state index contributed by atoms with van der Waals surface area (Å²) in [5.41, 5.74) is 6.47. The van der Waals surface area contributed by atoms with Gasteiger partial charge in [0.05, 0.1) is 12.1 Å². The molecule has 7 heteroatoms. The lowest BCUT2D eigenvalue weighted by molar-refractivity contribution is 0.0951. The maximum Gasteiger partial charge on any atom is 0.276 e. The largest absolute Gasteiger partial charge is 0.352 e. The average molecular weight is 492 g/mol. The van der Waals surface area contributed by atoms with Gasteiger partial charge in [0.15, 0.2) is 5.65 Å². The number of amides is 1. The van der Waals surface area contributed by atoms with Crippen molar-refractivity contribution >= 4 is 22.6 Å². The number of pyridine rings is 1. The van der Waals surface area contributed by atoms with E-state index in [0.717, 1.165) is 43.6 Å². The number of aromatic nitrogens is 3. The van der Waals surface area contributed by atoms with Crippen LogP contribution in [0.15, 0.2) is 90.0 Å². The zero-order valence-corrected chi connectivity index (χ0v) is 20.6. The highest BCUT2D eigenvalue weighted by Gasteiger charge is 2.15. The minimum absolute atomic E-state index is 0.0746. The van der Waals surface area contributed by atoms with E-state index in [2.05, 4.69) is 39.5 Å². The van der Waals surface area contributed by atoms with Gasteiger partial charge in [-0.25, -0.2) is 4.98 Å². The van der Waals surface area contributed by atoms with Crippen molar-refractivity contribution in [3.8, 4) is 0 Å². The molecular weight excluding hydrogens is 462 g/mol. The molecule has 5 aromatic rings. The number of fused-ring (bicyclic) bond motifs is 4. The number of hydrogen-bond acceptors (Lipinski definition) is 4. The standard InChI is InChI=1S/C30H29N5O2/c36-29(32-16-5-17-33-19-14-23-6-1-2-7-25(23)21-33)24-12-10-22(11-13-24)20-35-28-26(8-3-15-31-28)34-18-4-9-27(34)30(35)37/h1-4,6-13,15,18H,5,14,16-17,19-21H2,(H,32,36). The van der Waals surface area contributed by atoms with Gasteiger partial charge in [0.25, 0.3) is 11.5 Å². The SMILES string of the molecule is O=C(NCCCN1CCc2ccccc2C1)c1ccc(Cn2c(=O)c3cccn3c3cccnc32)cc1. The molecule has 4 heterocycles. The van der Waals surface area contributed by atoms with Crippen LogP contribution in [0, 0.1) is 0 Å². The van der Waals surface area contributed by atoms with Gasteiger partial charge >= 0.3 is 0 Å². The Hall–Kier alpha value is -4.23. The first-order chi connectivity index (χ1) is 18.2. The summed E-state index contributed by atoms with van der Waals surface area (Å²) in [4.78, 5) is 32.7. The van der Waals surface area contributed by atoms with E-state index in [0.29, 0.717) is 29.8 Å². The van der Waals surface area contributed by atoms with Gasteiger partial charge in [-0.15, -0.1) is 0 Å². The normalized spacial score (nSPS) is 13.6. The highest BCUT2D eigenvalue weighted by atomic mass is 16.1. The molecule has 1 amide bonds. The molecule has 0 aliphatic carbocycles. The van der Waals surface area contributed by atoms with E-state index in [1.54, 1.807) is 10.8 Å². The molecule has 1 aliphatic heterocycles. The summed E-state index contributed by atoms with van der Waals surface area (Å²) in [6.07, 6.45) is 5.58. The van der Waals surface area contributed by atoms with Crippen LogP contribution in [0.3, 0.4) is 0 Å². The molecule has 2 aromatic carbocycles. The van der Waals surface area contributed by atoms with Crippen LogP contribution in [0.5, 0.6) is 0 Å². The van der Waals surface area contributed by atoms with Crippen molar-refractivity contribution in [3.05, 3.63) is 118 Å². The maximum atomic E-state index is 13.1. The highest BCUT2D eigenvalue weighted by molar-refractivity contribution is 5.94. The monoisotopic (exact) mass is 491 g/mol. The summed E-state index contributed by atoms with van der Waals surface area (Å²) in [6, 6.07) is 23.6. The second kappa shape index (κ2) is 10.0. The topological polar surface area (TPSA) is 71.6 Å². The Morgan fingerprint density at radius 3 is 2.59 bits per heavy atom. The van der Waals surface area contributed by atoms with Gasteiger partial charge < -0.3 is 9.72 Å². The summed E-state index contributed by atoms with van der Waals surface area (Å²) in [5, 5.41) is 3.04. The second-order valence-corrected chi connectivity index (χ2v) is 9.60. The molecule has 0 saturated carbocycles. The van der Waals surface area contributed by atoms with Crippen molar-refractivity contribution in [1.82, 2.24) is 24.2 Å². The van der Waals surface area contributed by atoms with Gasteiger partial charge in [0.1, 0.15) is 5.52 Å². The zero-order valence-electron chi connectivity index (χ0n) is 20.6. The molecule has 7 nitrogen and oxygen atoms in total. The van der Waals surface area contributed by atoms with Crippen LogP contribution in [-0.4, -0.2) is 44.4 Å². The van der Waals surface area contributed by atoms with Gasteiger partial charge in [-0.2, -0.15) is 0 Å². The molecule has 186 valence electrons. The fourth-order valence-electron chi connectivity index (χ4n) is 5.23. The molecular formula is C30H29N5O2. The summed E-state index contributed by atoms with van der Waals surface area (Å²) in [6.45, 7) is 4.04. The first-order valence-electron chi connectivity index (χ1n) is 12.8. The first kappa shape index (κ1) is 23.2. The van der Waals surface area contributed by atoms with Crippen LogP contribution < -0.4 is 10.9 Å². The van der Waals surface area contributed by atoms with Crippen molar-refractivity contribution in [1.29, 1.82) is 0 Å². The predicted molar refractivity (Wildman–Crippen MR) is 145 cm³/mol. The molecule has 1 N–H and O–H groups in total. The number of benzene rings is 2. The minimum atomic E-state index is -0.0878. The first-order valence-corrected chi connectivity index (χ1v) is 12.8. The van der Waals surface area contributed by atoms with Crippen molar-refractivity contribution in [3.63, 3.8) is 0 Å². The molecule has 0 spiro atoms. The summed E-state index contributed by atoms with van der Waals surface area (Å²) in [7, 11) is 0. The van der Waals surface area contributed by atoms with E-state index in [1.807, 2.05) is 59.1 Å². The fraction of sp³-hybridized carbons (Fsp3) is 0.233. The van der Waals surface area contributed by atoms with Crippen LogP contribution in [0.25, 0.3) is 16.7 Å². The Kier molecular flexibility index (Phi) is 6.28. The summed E-state index contributed by atoms with van der Waals surface area (Å²) in [5.74, 6) is -0.0746. The molecule has 3 aromatic heterocycles. The van der Waals surface area contributed by atoms with E-state index in [1.165, 1.54) is 11.1 Å². The second-order valence-electron chi connectivity index (χ2n) is 9.60. The van der Waals surface area contributed by atoms with Crippen molar-refractivity contribution in [2.24, 2.45) is 0 Å². The zero-order chi connectivity index (χ0) is 25.2. The lowest BCUT2D eigenvalue weighted by Crippen LogP contribution is -2.33. The summed E-state index contributed by atoms with van der Waals surface area (Å²) < 4.78 is 3.57. The Morgan fingerprint density at radius 2 is 1.73 bits per heavy atom. The maximum absolute atomic E-state index is 13.1. The number of carbonyl (C=O) groups is 1. The van der Waals surface area contributed by atoms with Crippen molar-refractivity contribution < 1.29 is 4.79 Å². The highest BCUT2D eigenvalue weighted by Crippen LogP contribution is 2.18. The van der Waals surface area contributed by atoms with E-state index in [4.69, 9.17) is 0 Å². The third-order valence-corrected chi connectivity index (χ3v) is 7.20. The lowest BCUT2D eigenvalue weighted by Gasteiger charge is -2.28.